The summed E-state index contributed by atoms with van der Waals surface area (Å²) < 4.78 is 11.8. The van der Waals surface area contributed by atoms with Crippen molar-refractivity contribution in [2.45, 2.75) is 38.9 Å². The zero-order valence-electron chi connectivity index (χ0n) is 13.2. The molecule has 2 heterocycles. The van der Waals surface area contributed by atoms with Crippen LogP contribution in [0.3, 0.4) is 0 Å². The van der Waals surface area contributed by atoms with Gasteiger partial charge in [-0.3, -0.25) is 0 Å². The molecule has 1 aliphatic heterocycles. The van der Waals surface area contributed by atoms with E-state index in [-0.39, 0.29) is 12.3 Å². The zero-order chi connectivity index (χ0) is 16.5. The number of hydrogen-bond donors (Lipinski definition) is 2. The van der Waals surface area contributed by atoms with E-state index in [0.29, 0.717) is 11.0 Å². The molecule has 22 heavy (non-hydrogen) atoms. The molecule has 1 aliphatic rings. The lowest BCUT2D eigenvalue weighted by molar-refractivity contribution is 0.00578. The molecular weight excluding hydrogens is 285 g/mol. The number of carbonyl (C=O) groups is 1. The van der Waals surface area contributed by atoms with Crippen molar-refractivity contribution >= 4 is 19.2 Å². The number of rotatable bonds is 4. The number of aliphatic hydroxyl groups is 1. The summed E-state index contributed by atoms with van der Waals surface area (Å²) in [6.45, 7) is 7.46. The van der Waals surface area contributed by atoms with Crippen LogP contribution in [0.5, 0.6) is 0 Å². The van der Waals surface area contributed by atoms with Crippen LogP contribution in [0, 0.1) is 0 Å². The average molecular weight is 305 g/mol. The molecule has 1 saturated heterocycles. The number of carboxylic acids is 1. The lowest BCUT2D eigenvalue weighted by Crippen LogP contribution is -2.41. The minimum Gasteiger partial charge on any atom is -0.477 e. The minimum absolute atomic E-state index is 0.0556. The highest BCUT2D eigenvalue weighted by molar-refractivity contribution is 6.55. The fourth-order valence-electron chi connectivity index (χ4n) is 2.05. The number of aliphatic hydroxyl groups excluding tert-OH is 1. The van der Waals surface area contributed by atoms with Crippen LogP contribution in [0.1, 0.15) is 43.7 Å². The number of nitrogens with zero attached hydrogens (tertiary/aromatic N) is 1. The molecule has 0 bridgehead atoms. The highest BCUT2D eigenvalue weighted by Gasteiger charge is 2.52. The van der Waals surface area contributed by atoms with E-state index in [2.05, 4.69) is 4.98 Å². The number of hydrogen-bond acceptors (Lipinski definition) is 5. The summed E-state index contributed by atoms with van der Waals surface area (Å²) in [5, 5.41) is 18.6. The van der Waals surface area contributed by atoms with Crippen molar-refractivity contribution in [1.82, 2.24) is 4.98 Å². The Balaban J connectivity index is 2.29. The molecule has 1 aromatic rings. The van der Waals surface area contributed by atoms with Crippen LogP contribution in [-0.4, -0.2) is 46.1 Å². The Kier molecular flexibility index (Phi) is 4.42. The third kappa shape index (κ3) is 3.21. The first-order valence-corrected chi connectivity index (χ1v) is 7.02. The Morgan fingerprint density at radius 3 is 2.41 bits per heavy atom. The maximum atomic E-state index is 11.0. The Labute approximate surface area is 129 Å². The second-order valence-electron chi connectivity index (χ2n) is 6.25. The predicted octanol–water partition coefficient (Wildman–Crippen LogP) is 1.79. The van der Waals surface area contributed by atoms with E-state index < -0.39 is 24.3 Å². The molecule has 0 radical (unpaired) electrons. The molecule has 0 unspecified atom stereocenters. The van der Waals surface area contributed by atoms with Crippen LogP contribution < -0.4 is 0 Å². The van der Waals surface area contributed by atoms with Crippen LogP contribution in [0.2, 0.25) is 0 Å². The Bertz CT molecular complexity index is 596. The van der Waals surface area contributed by atoms with Crippen molar-refractivity contribution < 1.29 is 24.3 Å². The van der Waals surface area contributed by atoms with E-state index in [0.717, 1.165) is 0 Å². The Hall–Kier alpha value is -1.70. The van der Waals surface area contributed by atoms with Crippen LogP contribution in [0.25, 0.3) is 6.08 Å². The molecule has 0 atom stereocenters. The molecule has 7 heteroatoms. The average Bonchev–Trinajstić information content (AvgIpc) is 2.65. The summed E-state index contributed by atoms with van der Waals surface area (Å²) >= 11 is 0. The fraction of sp³-hybridized carbons (Fsp3) is 0.467. The van der Waals surface area contributed by atoms with Crippen molar-refractivity contribution in [1.29, 1.82) is 0 Å². The van der Waals surface area contributed by atoms with Gasteiger partial charge in [-0.1, -0.05) is 6.08 Å². The van der Waals surface area contributed by atoms with Crippen molar-refractivity contribution in [3.63, 3.8) is 0 Å². The number of pyridine rings is 1. The van der Waals surface area contributed by atoms with Gasteiger partial charge in [0.25, 0.3) is 0 Å². The van der Waals surface area contributed by atoms with E-state index in [9.17, 15) is 9.90 Å². The normalized spacial score (nSPS) is 20.2. The summed E-state index contributed by atoms with van der Waals surface area (Å²) in [5.74, 6) is -1.10. The Morgan fingerprint density at radius 2 is 1.91 bits per heavy atom. The predicted molar refractivity (Wildman–Crippen MR) is 82.3 cm³/mol. The second kappa shape index (κ2) is 5.83. The lowest BCUT2D eigenvalue weighted by Gasteiger charge is -2.32. The van der Waals surface area contributed by atoms with E-state index in [4.69, 9.17) is 14.4 Å². The van der Waals surface area contributed by atoms with Crippen molar-refractivity contribution in [2.24, 2.45) is 0 Å². The maximum Gasteiger partial charge on any atom is 0.492 e. The molecule has 1 fully saturated rings. The van der Waals surface area contributed by atoms with Gasteiger partial charge in [0, 0.05) is 6.20 Å². The summed E-state index contributed by atoms with van der Waals surface area (Å²) in [5.41, 5.74) is 0.0829. The number of carboxylic acid groups (broad SMARTS) is 1. The Morgan fingerprint density at radius 1 is 1.32 bits per heavy atom. The van der Waals surface area contributed by atoms with Crippen molar-refractivity contribution in [3.8, 4) is 0 Å². The van der Waals surface area contributed by atoms with E-state index in [1.165, 1.54) is 12.3 Å². The van der Waals surface area contributed by atoms with Gasteiger partial charge in [-0.2, -0.15) is 0 Å². The van der Waals surface area contributed by atoms with Crippen LogP contribution >= 0.6 is 0 Å². The van der Waals surface area contributed by atoms with Gasteiger partial charge in [-0.15, -0.1) is 0 Å². The number of aromatic nitrogens is 1. The highest BCUT2D eigenvalue weighted by atomic mass is 16.7. The monoisotopic (exact) mass is 305 g/mol. The van der Waals surface area contributed by atoms with E-state index in [1.54, 1.807) is 12.1 Å². The largest absolute Gasteiger partial charge is 0.492 e. The lowest BCUT2D eigenvalue weighted by atomic mass is 9.77. The van der Waals surface area contributed by atoms with Gasteiger partial charge in [-0.25, -0.2) is 9.78 Å². The van der Waals surface area contributed by atoms with Gasteiger partial charge >= 0.3 is 13.1 Å². The third-order valence-electron chi connectivity index (χ3n) is 4.09. The van der Waals surface area contributed by atoms with E-state index >= 15 is 0 Å². The van der Waals surface area contributed by atoms with Gasteiger partial charge in [0.15, 0.2) is 0 Å². The first-order chi connectivity index (χ1) is 10.2. The van der Waals surface area contributed by atoms with Gasteiger partial charge in [0.05, 0.1) is 17.8 Å². The van der Waals surface area contributed by atoms with Crippen molar-refractivity contribution in [2.75, 3.05) is 6.61 Å². The quantitative estimate of drug-likeness (QED) is 0.824. The van der Waals surface area contributed by atoms with Crippen LogP contribution in [-0.2, 0) is 9.31 Å². The third-order valence-corrected chi connectivity index (χ3v) is 4.09. The number of aromatic carboxylic acids is 1. The zero-order valence-corrected chi connectivity index (χ0v) is 13.2. The summed E-state index contributed by atoms with van der Waals surface area (Å²) in [6, 6.07) is 3.09. The van der Waals surface area contributed by atoms with E-state index in [1.807, 2.05) is 27.7 Å². The van der Waals surface area contributed by atoms with Crippen LogP contribution in [0.4, 0.5) is 0 Å². The minimum atomic E-state index is -1.10. The molecule has 0 saturated carbocycles. The summed E-state index contributed by atoms with van der Waals surface area (Å²) in [4.78, 5) is 14.7. The molecule has 6 nitrogen and oxygen atoms in total. The second-order valence-corrected chi connectivity index (χ2v) is 6.25. The molecule has 0 amide bonds. The summed E-state index contributed by atoms with van der Waals surface area (Å²) in [7, 11) is -0.670. The first kappa shape index (κ1) is 16.7. The smallest absolute Gasteiger partial charge is 0.477 e. The molecule has 2 N–H and O–H groups in total. The molecule has 0 spiro atoms. The summed E-state index contributed by atoms with van der Waals surface area (Å²) in [6.07, 6.45) is 3.07. The van der Waals surface area contributed by atoms with Gasteiger partial charge < -0.3 is 19.5 Å². The molecule has 118 valence electrons. The highest BCUT2D eigenvalue weighted by Crippen LogP contribution is 2.38. The molecule has 0 aliphatic carbocycles. The molecule has 1 aromatic heterocycles. The molecule has 0 aromatic carbocycles. The molecular formula is C15H20BNO5. The molecule has 2 rings (SSSR count). The SMILES string of the molecule is CC1(C)OB(C(=Cc2ccnc(C(=O)O)c2)CO)OC1(C)C. The van der Waals surface area contributed by atoms with Gasteiger partial charge in [0.1, 0.15) is 5.69 Å². The van der Waals surface area contributed by atoms with Crippen LogP contribution in [0.15, 0.2) is 23.8 Å². The topological polar surface area (TPSA) is 88.9 Å². The van der Waals surface area contributed by atoms with Crippen molar-refractivity contribution in [3.05, 3.63) is 35.1 Å². The standard InChI is InChI=1S/C15H20BNO5/c1-14(2)15(3,4)22-16(21-14)11(9-18)7-10-5-6-17-12(8-10)13(19)20/h5-8,18H,9H2,1-4H3,(H,19,20). The fourth-order valence-corrected chi connectivity index (χ4v) is 2.05. The van der Waals surface area contributed by atoms with Gasteiger partial charge in [0.2, 0.25) is 0 Å². The first-order valence-electron chi connectivity index (χ1n) is 7.02. The maximum absolute atomic E-state index is 11.0. The van der Waals surface area contributed by atoms with Gasteiger partial charge in [-0.05, 0) is 50.9 Å².